The Morgan fingerprint density at radius 1 is 0.280 bits per heavy atom. The summed E-state index contributed by atoms with van der Waals surface area (Å²) < 4.78 is 16.9. The monoisotopic (exact) mass is 1040 g/mol. The van der Waals surface area contributed by atoms with Crippen LogP contribution in [-0.2, 0) is 28.6 Å². The minimum absolute atomic E-state index is 0.101. The molecular formula is C69H116O6. The summed E-state index contributed by atoms with van der Waals surface area (Å²) in [5, 5.41) is 0. The van der Waals surface area contributed by atoms with Crippen LogP contribution in [0, 0.1) is 0 Å². The van der Waals surface area contributed by atoms with E-state index in [1.807, 2.05) is 0 Å². The van der Waals surface area contributed by atoms with Crippen LogP contribution in [0.15, 0.2) is 109 Å². The summed E-state index contributed by atoms with van der Waals surface area (Å²) >= 11 is 0. The van der Waals surface area contributed by atoms with Crippen LogP contribution in [0.5, 0.6) is 0 Å². The molecule has 0 aromatic carbocycles. The smallest absolute Gasteiger partial charge is 0.306 e. The lowest BCUT2D eigenvalue weighted by molar-refractivity contribution is -0.167. The summed E-state index contributed by atoms with van der Waals surface area (Å²) in [6, 6.07) is 0. The van der Waals surface area contributed by atoms with Crippen LogP contribution < -0.4 is 0 Å². The Balaban J connectivity index is 4.49. The number of unbranched alkanes of at least 4 members (excludes halogenated alkanes) is 27. The van der Waals surface area contributed by atoms with Gasteiger partial charge in [-0.3, -0.25) is 14.4 Å². The van der Waals surface area contributed by atoms with E-state index in [0.29, 0.717) is 19.3 Å². The third-order valence-corrected chi connectivity index (χ3v) is 13.2. The highest BCUT2D eigenvalue weighted by atomic mass is 16.6. The number of carbonyl (C=O) groups is 3. The van der Waals surface area contributed by atoms with Crippen LogP contribution in [0.2, 0.25) is 0 Å². The van der Waals surface area contributed by atoms with Crippen molar-refractivity contribution in [1.29, 1.82) is 0 Å². The molecular weight excluding hydrogens is 925 g/mol. The van der Waals surface area contributed by atoms with Crippen molar-refractivity contribution in [3.8, 4) is 0 Å². The van der Waals surface area contributed by atoms with Crippen molar-refractivity contribution in [2.75, 3.05) is 13.2 Å². The van der Waals surface area contributed by atoms with Gasteiger partial charge in [0.25, 0.3) is 0 Å². The van der Waals surface area contributed by atoms with Gasteiger partial charge in [0, 0.05) is 19.3 Å². The number of rotatable bonds is 56. The van der Waals surface area contributed by atoms with Gasteiger partial charge in [-0.2, -0.15) is 0 Å². The summed E-state index contributed by atoms with van der Waals surface area (Å²) in [6.45, 7) is 6.48. The molecule has 428 valence electrons. The van der Waals surface area contributed by atoms with Gasteiger partial charge in [0.05, 0.1) is 0 Å². The molecule has 6 heteroatoms. The molecule has 0 bridgehead atoms. The first-order chi connectivity index (χ1) is 37.0. The number of ether oxygens (including phenoxy) is 3. The molecule has 0 aliphatic rings. The van der Waals surface area contributed by atoms with Crippen LogP contribution >= 0.6 is 0 Å². The first kappa shape index (κ1) is 71.1. The Labute approximate surface area is 463 Å². The third kappa shape index (κ3) is 60.8. The van der Waals surface area contributed by atoms with E-state index in [9.17, 15) is 14.4 Å². The van der Waals surface area contributed by atoms with Gasteiger partial charge in [-0.15, -0.1) is 0 Å². The molecule has 0 spiro atoms. The van der Waals surface area contributed by atoms with Gasteiger partial charge in [-0.1, -0.05) is 259 Å². The van der Waals surface area contributed by atoms with Crippen LogP contribution in [0.4, 0.5) is 0 Å². The normalized spacial score (nSPS) is 12.8. The maximum absolute atomic E-state index is 12.9. The van der Waals surface area contributed by atoms with Crippen LogP contribution in [0.1, 0.15) is 290 Å². The van der Waals surface area contributed by atoms with E-state index in [4.69, 9.17) is 14.2 Å². The second-order valence-corrected chi connectivity index (χ2v) is 20.6. The average molecular weight is 1040 g/mol. The zero-order chi connectivity index (χ0) is 54.3. The third-order valence-electron chi connectivity index (χ3n) is 13.2. The first-order valence-electron chi connectivity index (χ1n) is 31.4. The molecule has 0 aromatic rings. The van der Waals surface area contributed by atoms with E-state index in [2.05, 4.69) is 130 Å². The predicted octanol–water partition coefficient (Wildman–Crippen LogP) is 21.4. The fourth-order valence-electron chi connectivity index (χ4n) is 8.54. The summed E-state index contributed by atoms with van der Waals surface area (Å²) in [5.74, 6) is -0.967. The molecule has 0 fully saturated rings. The highest BCUT2D eigenvalue weighted by molar-refractivity contribution is 5.71. The van der Waals surface area contributed by atoms with Crippen molar-refractivity contribution < 1.29 is 28.6 Å². The molecule has 0 rings (SSSR count). The second-order valence-electron chi connectivity index (χ2n) is 20.6. The number of esters is 3. The van der Waals surface area contributed by atoms with E-state index in [-0.39, 0.29) is 37.5 Å². The highest BCUT2D eigenvalue weighted by Crippen LogP contribution is 2.15. The van der Waals surface area contributed by atoms with Gasteiger partial charge in [0.1, 0.15) is 13.2 Å². The number of hydrogen-bond donors (Lipinski definition) is 0. The van der Waals surface area contributed by atoms with Gasteiger partial charge >= 0.3 is 17.9 Å². The fraction of sp³-hybridized carbons (Fsp3) is 0.696. The maximum Gasteiger partial charge on any atom is 0.306 e. The Morgan fingerprint density at radius 3 is 0.880 bits per heavy atom. The Kier molecular flexibility index (Phi) is 59.3. The largest absolute Gasteiger partial charge is 0.462 e. The SMILES string of the molecule is CC/C=C\C/C=C\C/C=C\C/C=C\C/C=C\C/C=C\C/C=C\CCCC(=O)OCC(COC(=O)CCCCCCC/C=C\CCCCCCCC)OC(=O)CCCCCCCCCCC/C=C\CCCCCCCC. The molecule has 1 atom stereocenters. The van der Waals surface area contributed by atoms with Crippen molar-refractivity contribution >= 4 is 17.9 Å². The molecule has 0 aliphatic heterocycles. The Morgan fingerprint density at radius 2 is 0.533 bits per heavy atom. The summed E-state index contributed by atoms with van der Waals surface area (Å²) in [7, 11) is 0. The molecule has 75 heavy (non-hydrogen) atoms. The molecule has 0 N–H and O–H groups in total. The lowest BCUT2D eigenvalue weighted by Crippen LogP contribution is -2.30. The molecule has 1 unspecified atom stereocenters. The quantitative estimate of drug-likeness (QED) is 0.0261. The summed E-state index contributed by atoms with van der Waals surface area (Å²) in [5.41, 5.74) is 0. The predicted molar refractivity (Wildman–Crippen MR) is 325 cm³/mol. The Hall–Kier alpha value is -3.93. The zero-order valence-corrected chi connectivity index (χ0v) is 49.0. The molecule has 6 nitrogen and oxygen atoms in total. The van der Waals surface area contributed by atoms with E-state index >= 15 is 0 Å². The van der Waals surface area contributed by atoms with Crippen molar-refractivity contribution in [3.05, 3.63) is 109 Å². The minimum atomic E-state index is -0.809. The molecule has 0 aromatic heterocycles. The van der Waals surface area contributed by atoms with E-state index in [0.717, 1.165) is 103 Å². The van der Waals surface area contributed by atoms with Crippen LogP contribution in [0.25, 0.3) is 0 Å². The minimum Gasteiger partial charge on any atom is -0.462 e. The molecule has 0 saturated carbocycles. The zero-order valence-electron chi connectivity index (χ0n) is 49.0. The van der Waals surface area contributed by atoms with Crippen LogP contribution in [-0.4, -0.2) is 37.2 Å². The number of carbonyl (C=O) groups excluding carboxylic acids is 3. The van der Waals surface area contributed by atoms with E-state index in [1.54, 1.807) is 0 Å². The second kappa shape index (κ2) is 62.6. The average Bonchev–Trinajstić information content (AvgIpc) is 3.41. The van der Waals surface area contributed by atoms with Gasteiger partial charge in [0.15, 0.2) is 6.10 Å². The van der Waals surface area contributed by atoms with E-state index in [1.165, 1.54) is 141 Å². The van der Waals surface area contributed by atoms with E-state index < -0.39 is 6.10 Å². The number of hydrogen-bond acceptors (Lipinski definition) is 6. The van der Waals surface area contributed by atoms with Gasteiger partial charge < -0.3 is 14.2 Å². The molecule has 0 radical (unpaired) electrons. The molecule has 0 amide bonds. The molecule has 0 heterocycles. The summed E-state index contributed by atoms with van der Waals surface area (Å²) in [6.07, 6.45) is 85.2. The topological polar surface area (TPSA) is 78.9 Å². The lowest BCUT2D eigenvalue weighted by Gasteiger charge is -2.18. The lowest BCUT2D eigenvalue weighted by atomic mass is 10.1. The van der Waals surface area contributed by atoms with Gasteiger partial charge in [0.2, 0.25) is 0 Å². The highest BCUT2D eigenvalue weighted by Gasteiger charge is 2.19. The van der Waals surface area contributed by atoms with Gasteiger partial charge in [-0.05, 0) is 122 Å². The first-order valence-corrected chi connectivity index (χ1v) is 31.4. The maximum atomic E-state index is 12.9. The molecule has 0 aliphatic carbocycles. The van der Waals surface area contributed by atoms with Crippen molar-refractivity contribution in [3.63, 3.8) is 0 Å². The van der Waals surface area contributed by atoms with Crippen molar-refractivity contribution in [1.82, 2.24) is 0 Å². The molecule has 0 saturated heterocycles. The summed E-state index contributed by atoms with van der Waals surface area (Å²) in [4.78, 5) is 38.3. The number of allylic oxidation sites excluding steroid dienone is 18. The van der Waals surface area contributed by atoms with Gasteiger partial charge in [-0.25, -0.2) is 0 Å². The van der Waals surface area contributed by atoms with Crippen molar-refractivity contribution in [2.24, 2.45) is 0 Å². The van der Waals surface area contributed by atoms with Crippen molar-refractivity contribution in [2.45, 2.75) is 297 Å². The standard InChI is InChI=1S/C69H116O6/c1-4-7-10-13-16-19-22-25-28-30-32-33-34-35-37-38-41-44-47-50-53-56-59-62-68(71)74-65-66(64-73-67(70)61-58-55-52-49-46-43-40-27-24-21-18-15-12-9-6-3)75-69(72)63-60-57-54-51-48-45-42-39-36-31-29-26-23-20-17-14-11-8-5-2/h7,10,16,19,25-29,32-33,35,37,40-41,44,50,53,66H,4-6,8-9,11-15,17-18,20-24,30-31,34,36,38-39,42-43,45-49,51-52,54-65H2,1-3H3/b10-7-,19-16-,28-25-,29-26-,33-32-,37-35-,40-27-,44-41-,53-50-. The van der Waals surface area contributed by atoms with Crippen LogP contribution in [0.3, 0.4) is 0 Å². The Bertz CT molecular complexity index is 1520. The fourth-order valence-corrected chi connectivity index (χ4v) is 8.54.